The minimum absolute atomic E-state index is 0.215. The maximum atomic E-state index is 11.1. The molecule has 0 saturated heterocycles. The molecule has 0 bridgehead atoms. The van der Waals surface area contributed by atoms with Crippen molar-refractivity contribution in [2.75, 3.05) is 0 Å². The quantitative estimate of drug-likeness (QED) is 0.522. The van der Waals surface area contributed by atoms with Crippen LogP contribution in [0.15, 0.2) is 52.9 Å². The number of benzene rings is 2. The number of hydrogen-bond acceptors (Lipinski definition) is 3. The summed E-state index contributed by atoms with van der Waals surface area (Å²) in [4.78, 5) is 11.1. The van der Waals surface area contributed by atoms with Gasteiger partial charge in [0.05, 0.1) is 22.2 Å². The summed E-state index contributed by atoms with van der Waals surface area (Å²) in [6, 6.07) is 15.4. The monoisotopic (exact) mass is 397 g/mol. The Labute approximate surface area is 165 Å². The normalized spacial score (nSPS) is 11.3. The molecule has 0 amide bonds. The molecule has 4 nitrogen and oxygen atoms in total. The minimum atomic E-state index is -0.980. The fourth-order valence-corrected chi connectivity index (χ4v) is 3.18. The first kappa shape index (κ1) is 18.8. The highest BCUT2D eigenvalue weighted by atomic mass is 35.5. The lowest BCUT2D eigenvalue weighted by Gasteiger charge is -2.04. The van der Waals surface area contributed by atoms with Gasteiger partial charge in [-0.05, 0) is 55.0 Å². The van der Waals surface area contributed by atoms with Gasteiger partial charge in [-0.15, -0.1) is 0 Å². The molecule has 3 aromatic rings. The van der Waals surface area contributed by atoms with E-state index in [4.69, 9.17) is 32.7 Å². The molecule has 0 aliphatic carbocycles. The van der Waals surface area contributed by atoms with E-state index in [9.17, 15) is 10.1 Å². The third kappa shape index (κ3) is 4.06. The van der Waals surface area contributed by atoms with Crippen molar-refractivity contribution in [3.63, 3.8) is 0 Å². The average Bonchev–Trinajstić information content (AvgIpc) is 3.08. The van der Waals surface area contributed by atoms with Gasteiger partial charge in [-0.1, -0.05) is 35.3 Å². The van der Waals surface area contributed by atoms with Crippen molar-refractivity contribution in [3.05, 3.63) is 81.0 Å². The molecule has 1 aromatic heterocycles. The van der Waals surface area contributed by atoms with Crippen molar-refractivity contribution in [2.45, 2.75) is 6.92 Å². The summed E-state index contributed by atoms with van der Waals surface area (Å²) in [5.41, 5.74) is 2.68. The van der Waals surface area contributed by atoms with Crippen LogP contribution in [0, 0.1) is 18.3 Å². The van der Waals surface area contributed by atoms with E-state index in [0.29, 0.717) is 32.7 Å². The fourth-order valence-electron chi connectivity index (χ4n) is 2.67. The summed E-state index contributed by atoms with van der Waals surface area (Å²) in [7, 11) is 0. The van der Waals surface area contributed by atoms with Crippen LogP contribution in [-0.2, 0) is 0 Å². The standard InChI is InChI=1S/C21H13Cl2NO3/c1-12-8-13(21(25)26)2-5-17(12)20-7-4-16(27-20)9-14(11-24)18-6-3-15(22)10-19(18)23/h2-10H,1H3,(H,25,26)/b14-9+. The van der Waals surface area contributed by atoms with Crippen molar-refractivity contribution in [3.8, 4) is 17.4 Å². The predicted molar refractivity (Wildman–Crippen MR) is 106 cm³/mol. The van der Waals surface area contributed by atoms with E-state index >= 15 is 0 Å². The number of carboxylic acid groups (broad SMARTS) is 1. The lowest BCUT2D eigenvalue weighted by molar-refractivity contribution is 0.0697. The summed E-state index contributed by atoms with van der Waals surface area (Å²) >= 11 is 12.1. The Morgan fingerprint density at radius 2 is 1.93 bits per heavy atom. The molecule has 6 heteroatoms. The molecule has 0 radical (unpaired) electrons. The van der Waals surface area contributed by atoms with Crippen molar-refractivity contribution < 1.29 is 14.3 Å². The highest BCUT2D eigenvalue weighted by Gasteiger charge is 2.12. The Bertz CT molecular complexity index is 1110. The van der Waals surface area contributed by atoms with E-state index in [1.807, 2.05) is 6.92 Å². The molecule has 0 unspecified atom stereocenters. The highest BCUT2D eigenvalue weighted by Crippen LogP contribution is 2.31. The van der Waals surface area contributed by atoms with Gasteiger partial charge in [0.15, 0.2) is 0 Å². The van der Waals surface area contributed by atoms with E-state index in [2.05, 4.69) is 6.07 Å². The van der Waals surface area contributed by atoms with Crippen LogP contribution in [-0.4, -0.2) is 11.1 Å². The van der Waals surface area contributed by atoms with Crippen LogP contribution in [0.1, 0.15) is 27.2 Å². The Balaban J connectivity index is 1.96. The van der Waals surface area contributed by atoms with Crippen LogP contribution in [0.4, 0.5) is 0 Å². The SMILES string of the molecule is Cc1cc(C(=O)O)ccc1-c1ccc(/C=C(\C#N)c2ccc(Cl)cc2Cl)o1. The van der Waals surface area contributed by atoms with Crippen molar-refractivity contribution in [1.29, 1.82) is 5.26 Å². The molecule has 134 valence electrons. The van der Waals surface area contributed by atoms with Crippen LogP contribution in [0.25, 0.3) is 23.0 Å². The van der Waals surface area contributed by atoms with Crippen molar-refractivity contribution in [1.82, 2.24) is 0 Å². The van der Waals surface area contributed by atoms with Crippen molar-refractivity contribution in [2.24, 2.45) is 0 Å². The summed E-state index contributed by atoms with van der Waals surface area (Å²) in [5.74, 6) is 0.0793. The molecule has 0 atom stereocenters. The molecule has 0 aliphatic rings. The number of aromatic carboxylic acids is 1. The number of rotatable bonds is 4. The Kier molecular flexibility index (Phi) is 5.36. The molecule has 2 aromatic carbocycles. The predicted octanol–water partition coefficient (Wildman–Crippen LogP) is 6.32. The minimum Gasteiger partial charge on any atom is -0.478 e. The number of carbonyl (C=O) groups is 1. The summed E-state index contributed by atoms with van der Waals surface area (Å²) in [6.07, 6.45) is 1.60. The second-order valence-electron chi connectivity index (χ2n) is 5.83. The molecular formula is C21H13Cl2NO3. The second-order valence-corrected chi connectivity index (χ2v) is 6.67. The number of hydrogen-bond donors (Lipinski definition) is 1. The summed E-state index contributed by atoms with van der Waals surface area (Å²) in [6.45, 7) is 1.81. The van der Waals surface area contributed by atoms with Gasteiger partial charge >= 0.3 is 5.97 Å². The number of carboxylic acids is 1. The first-order chi connectivity index (χ1) is 12.9. The number of halogens is 2. The fraction of sp³-hybridized carbons (Fsp3) is 0.0476. The maximum absolute atomic E-state index is 11.1. The maximum Gasteiger partial charge on any atom is 0.335 e. The molecule has 1 heterocycles. The second kappa shape index (κ2) is 7.71. The van der Waals surface area contributed by atoms with Gasteiger partial charge in [0.2, 0.25) is 0 Å². The third-order valence-corrected chi connectivity index (χ3v) is 4.54. The van der Waals surface area contributed by atoms with Gasteiger partial charge in [0, 0.05) is 16.1 Å². The van der Waals surface area contributed by atoms with E-state index in [1.165, 1.54) is 6.07 Å². The molecule has 0 saturated carbocycles. The smallest absolute Gasteiger partial charge is 0.335 e. The molecule has 0 fully saturated rings. The van der Waals surface area contributed by atoms with Crippen LogP contribution in [0.3, 0.4) is 0 Å². The molecule has 0 aliphatic heterocycles. The van der Waals surface area contributed by atoms with Crippen LogP contribution in [0.2, 0.25) is 10.0 Å². The zero-order valence-electron chi connectivity index (χ0n) is 14.2. The van der Waals surface area contributed by atoms with E-state index in [-0.39, 0.29) is 5.56 Å². The van der Waals surface area contributed by atoms with Crippen LogP contribution in [0.5, 0.6) is 0 Å². The topological polar surface area (TPSA) is 74.2 Å². The Morgan fingerprint density at radius 3 is 2.56 bits per heavy atom. The van der Waals surface area contributed by atoms with Crippen LogP contribution >= 0.6 is 23.2 Å². The van der Waals surface area contributed by atoms with E-state index < -0.39 is 5.97 Å². The van der Waals surface area contributed by atoms with Gasteiger partial charge in [0.25, 0.3) is 0 Å². The zero-order valence-corrected chi connectivity index (χ0v) is 15.7. The zero-order chi connectivity index (χ0) is 19.6. The molecule has 1 N–H and O–H groups in total. The number of aryl methyl sites for hydroxylation is 1. The summed E-state index contributed by atoms with van der Waals surface area (Å²) in [5, 5.41) is 19.4. The average molecular weight is 398 g/mol. The van der Waals surface area contributed by atoms with Crippen molar-refractivity contribution >= 4 is 40.8 Å². The molecule has 0 spiro atoms. The first-order valence-electron chi connectivity index (χ1n) is 7.90. The van der Waals surface area contributed by atoms with Crippen LogP contribution < -0.4 is 0 Å². The molecule has 27 heavy (non-hydrogen) atoms. The van der Waals surface area contributed by atoms with Gasteiger partial charge in [-0.2, -0.15) is 5.26 Å². The van der Waals surface area contributed by atoms with E-state index in [1.54, 1.807) is 48.5 Å². The first-order valence-corrected chi connectivity index (χ1v) is 8.66. The lowest BCUT2D eigenvalue weighted by atomic mass is 10.0. The van der Waals surface area contributed by atoms with Gasteiger partial charge in [-0.3, -0.25) is 0 Å². The Morgan fingerprint density at radius 1 is 1.15 bits per heavy atom. The Hall–Kier alpha value is -3.00. The number of allylic oxidation sites excluding steroid dienone is 1. The summed E-state index contributed by atoms with van der Waals surface area (Å²) < 4.78 is 5.82. The lowest BCUT2D eigenvalue weighted by Crippen LogP contribution is -1.96. The van der Waals surface area contributed by atoms with Gasteiger partial charge in [0.1, 0.15) is 11.5 Å². The number of nitriles is 1. The highest BCUT2D eigenvalue weighted by molar-refractivity contribution is 6.36. The third-order valence-electron chi connectivity index (χ3n) is 3.99. The van der Waals surface area contributed by atoms with Gasteiger partial charge < -0.3 is 9.52 Å². The van der Waals surface area contributed by atoms with Gasteiger partial charge in [-0.25, -0.2) is 4.79 Å². The van der Waals surface area contributed by atoms with E-state index in [0.717, 1.165) is 11.1 Å². The largest absolute Gasteiger partial charge is 0.478 e. The molecule has 3 rings (SSSR count). The number of nitrogens with zero attached hydrogens (tertiary/aromatic N) is 1. The molecular weight excluding hydrogens is 385 g/mol. The number of furan rings is 1.